The Labute approximate surface area is 241 Å². The molecule has 2 aromatic carbocycles. The standard InChI is InChI=1S/C27H30O16/c1-7-16(31)20(35)22(37)26(39-7)42-14-4-9(3-12(30)18(14)33)24-25(43-27-23(38)21(36)17(32)8(2)40-27)19(34)15-11(29)5-10(28)6-13(15)41-24/h3-8,16-17,20-23,26-33,35-38H,1-2H3/t7-,8-,16-,17-,20+,21+,22+,23+,26-,27-/m0/s1. The van der Waals surface area contributed by atoms with Crippen LogP contribution in [0.5, 0.6) is 34.5 Å². The molecule has 5 rings (SSSR count). The molecule has 0 unspecified atom stereocenters. The van der Waals surface area contributed by atoms with Gasteiger partial charge in [0.2, 0.25) is 29.5 Å². The maximum absolute atomic E-state index is 13.6. The highest BCUT2D eigenvalue weighted by Gasteiger charge is 2.45. The molecule has 2 saturated heterocycles. The highest BCUT2D eigenvalue weighted by molar-refractivity contribution is 5.88. The van der Waals surface area contributed by atoms with E-state index in [0.717, 1.165) is 24.3 Å². The summed E-state index contributed by atoms with van der Waals surface area (Å²) in [5.74, 6) is -4.68. The second kappa shape index (κ2) is 11.3. The molecule has 10 atom stereocenters. The highest BCUT2D eigenvalue weighted by Crippen LogP contribution is 2.44. The molecule has 0 spiro atoms. The number of rotatable bonds is 5. The molecule has 16 heteroatoms. The number of benzene rings is 2. The van der Waals surface area contributed by atoms with Gasteiger partial charge in [-0.15, -0.1) is 0 Å². The molecule has 43 heavy (non-hydrogen) atoms. The summed E-state index contributed by atoms with van der Waals surface area (Å²) < 4.78 is 27.8. The molecule has 2 aliphatic heterocycles. The van der Waals surface area contributed by atoms with E-state index in [4.69, 9.17) is 23.4 Å². The van der Waals surface area contributed by atoms with Crippen molar-refractivity contribution >= 4 is 11.0 Å². The molecular weight excluding hydrogens is 580 g/mol. The second-order valence-corrected chi connectivity index (χ2v) is 10.4. The van der Waals surface area contributed by atoms with Crippen LogP contribution in [0, 0.1) is 0 Å². The number of ether oxygens (including phenoxy) is 4. The summed E-state index contributed by atoms with van der Waals surface area (Å²) in [4.78, 5) is 13.6. The molecule has 2 aliphatic rings. The average Bonchev–Trinajstić information content (AvgIpc) is 2.95. The van der Waals surface area contributed by atoms with Crippen molar-refractivity contribution in [2.24, 2.45) is 0 Å². The Kier molecular flexibility index (Phi) is 8.05. The zero-order valence-corrected chi connectivity index (χ0v) is 22.5. The predicted octanol–water partition coefficient (Wildman–Crippen LogP) is -1.30. The summed E-state index contributed by atoms with van der Waals surface area (Å²) in [6, 6.07) is 3.79. The third-order valence-corrected chi connectivity index (χ3v) is 7.33. The minimum absolute atomic E-state index is 0.236. The summed E-state index contributed by atoms with van der Waals surface area (Å²) in [7, 11) is 0. The zero-order valence-electron chi connectivity index (χ0n) is 22.5. The summed E-state index contributed by atoms with van der Waals surface area (Å²) in [6.45, 7) is 2.76. The first-order valence-corrected chi connectivity index (χ1v) is 13.0. The van der Waals surface area contributed by atoms with Crippen molar-refractivity contribution in [3.05, 3.63) is 34.5 Å². The van der Waals surface area contributed by atoms with Gasteiger partial charge in [-0.1, -0.05) is 0 Å². The monoisotopic (exact) mass is 610 g/mol. The van der Waals surface area contributed by atoms with E-state index in [2.05, 4.69) is 0 Å². The molecule has 0 radical (unpaired) electrons. The van der Waals surface area contributed by atoms with Crippen LogP contribution in [0.25, 0.3) is 22.3 Å². The Morgan fingerprint density at radius 3 is 1.81 bits per heavy atom. The molecule has 0 saturated carbocycles. The minimum atomic E-state index is -1.87. The van der Waals surface area contributed by atoms with Crippen molar-refractivity contribution in [1.29, 1.82) is 0 Å². The Hall–Kier alpha value is -3.87. The van der Waals surface area contributed by atoms with Crippen LogP contribution >= 0.6 is 0 Å². The van der Waals surface area contributed by atoms with E-state index in [0.29, 0.717) is 0 Å². The van der Waals surface area contributed by atoms with E-state index in [9.17, 15) is 55.9 Å². The Morgan fingerprint density at radius 1 is 0.674 bits per heavy atom. The van der Waals surface area contributed by atoms with Crippen LogP contribution in [0.4, 0.5) is 0 Å². The van der Waals surface area contributed by atoms with E-state index in [1.54, 1.807) is 0 Å². The van der Waals surface area contributed by atoms with Crippen molar-refractivity contribution in [2.75, 3.05) is 0 Å². The molecule has 0 aliphatic carbocycles. The molecule has 10 N–H and O–H groups in total. The van der Waals surface area contributed by atoms with Gasteiger partial charge in [0.1, 0.15) is 59.1 Å². The van der Waals surface area contributed by atoms with E-state index in [1.807, 2.05) is 0 Å². The van der Waals surface area contributed by atoms with Crippen LogP contribution in [0.1, 0.15) is 13.8 Å². The fraction of sp³-hybridized carbons (Fsp3) is 0.444. The van der Waals surface area contributed by atoms with Crippen molar-refractivity contribution in [3.63, 3.8) is 0 Å². The molecule has 0 bridgehead atoms. The fourth-order valence-electron chi connectivity index (χ4n) is 4.84. The maximum Gasteiger partial charge on any atom is 0.239 e. The van der Waals surface area contributed by atoms with Gasteiger partial charge < -0.3 is 74.4 Å². The van der Waals surface area contributed by atoms with Crippen LogP contribution in [-0.2, 0) is 9.47 Å². The number of aliphatic hydroxyl groups excluding tert-OH is 6. The van der Waals surface area contributed by atoms with Crippen molar-refractivity contribution in [2.45, 2.75) is 75.3 Å². The second-order valence-electron chi connectivity index (χ2n) is 10.4. The normalized spacial score (nSPS) is 32.9. The van der Waals surface area contributed by atoms with Gasteiger partial charge in [-0.05, 0) is 26.0 Å². The molecule has 0 amide bonds. The topological polar surface area (TPSA) is 269 Å². The minimum Gasteiger partial charge on any atom is -0.508 e. The van der Waals surface area contributed by atoms with Crippen LogP contribution in [0.3, 0.4) is 0 Å². The first-order valence-electron chi connectivity index (χ1n) is 13.0. The SMILES string of the molecule is C[C@@H]1O[C@@H](Oc2cc(-c3oc4cc(O)cc(O)c4c(=O)c3O[C@@H]3O[C@@H](C)[C@H](O)[C@@H](O)[C@H]3O)cc(O)c2O)[C@H](O)[C@H](O)[C@H]1O. The van der Waals surface area contributed by atoms with Gasteiger partial charge >= 0.3 is 0 Å². The van der Waals surface area contributed by atoms with Gasteiger partial charge in [-0.2, -0.15) is 0 Å². The maximum atomic E-state index is 13.6. The fourth-order valence-corrected chi connectivity index (χ4v) is 4.84. The number of hydrogen-bond donors (Lipinski definition) is 10. The molecule has 3 aromatic rings. The van der Waals surface area contributed by atoms with Crippen LogP contribution in [0.2, 0.25) is 0 Å². The third kappa shape index (κ3) is 5.39. The number of hydrogen-bond acceptors (Lipinski definition) is 16. The first kappa shape index (κ1) is 30.6. The lowest BCUT2D eigenvalue weighted by Gasteiger charge is -2.39. The van der Waals surface area contributed by atoms with Gasteiger partial charge in [0.25, 0.3) is 0 Å². The van der Waals surface area contributed by atoms with Crippen LogP contribution in [-0.4, -0.2) is 112 Å². The predicted molar refractivity (Wildman–Crippen MR) is 141 cm³/mol. The highest BCUT2D eigenvalue weighted by atomic mass is 16.7. The molecule has 16 nitrogen and oxygen atoms in total. The number of aromatic hydroxyl groups is 4. The van der Waals surface area contributed by atoms with Gasteiger partial charge in [0, 0.05) is 17.7 Å². The number of aliphatic hydroxyl groups is 6. The molecular formula is C27H30O16. The lowest BCUT2D eigenvalue weighted by atomic mass is 10.00. The lowest BCUT2D eigenvalue weighted by Crippen LogP contribution is -2.58. The summed E-state index contributed by atoms with van der Waals surface area (Å²) in [6.07, 6.45) is -15.5. The number of phenols is 4. The number of fused-ring (bicyclic) bond motifs is 1. The summed E-state index contributed by atoms with van der Waals surface area (Å²) in [5, 5.41) is 102. The van der Waals surface area contributed by atoms with Gasteiger partial charge in [0.05, 0.1) is 12.2 Å². The third-order valence-electron chi connectivity index (χ3n) is 7.33. The Bertz CT molecular complexity index is 1570. The molecule has 234 valence electrons. The van der Waals surface area contributed by atoms with E-state index < -0.39 is 112 Å². The van der Waals surface area contributed by atoms with E-state index >= 15 is 0 Å². The van der Waals surface area contributed by atoms with Gasteiger partial charge in [-0.25, -0.2) is 0 Å². The lowest BCUT2D eigenvalue weighted by molar-refractivity contribution is -0.268. The molecule has 3 heterocycles. The van der Waals surface area contributed by atoms with Crippen molar-refractivity contribution in [1.82, 2.24) is 0 Å². The van der Waals surface area contributed by atoms with Crippen molar-refractivity contribution in [3.8, 4) is 45.8 Å². The zero-order chi connectivity index (χ0) is 31.5. The number of phenolic OH excluding ortho intramolecular Hbond substituents is 4. The van der Waals surface area contributed by atoms with Gasteiger partial charge in [-0.3, -0.25) is 4.79 Å². The first-order chi connectivity index (χ1) is 20.2. The Balaban J connectivity index is 1.64. The Morgan fingerprint density at radius 2 is 1.23 bits per heavy atom. The largest absolute Gasteiger partial charge is 0.508 e. The quantitative estimate of drug-likeness (QED) is 0.150. The summed E-state index contributed by atoms with van der Waals surface area (Å²) >= 11 is 0. The van der Waals surface area contributed by atoms with Gasteiger partial charge in [0.15, 0.2) is 17.3 Å². The molecule has 1 aromatic heterocycles. The van der Waals surface area contributed by atoms with E-state index in [-0.39, 0.29) is 11.1 Å². The van der Waals surface area contributed by atoms with Crippen LogP contribution < -0.4 is 14.9 Å². The van der Waals surface area contributed by atoms with E-state index in [1.165, 1.54) is 13.8 Å². The molecule has 2 fully saturated rings. The van der Waals surface area contributed by atoms with Crippen LogP contribution in [0.15, 0.2) is 33.5 Å². The summed E-state index contributed by atoms with van der Waals surface area (Å²) in [5.41, 5.74) is -1.64. The van der Waals surface area contributed by atoms with Crippen molar-refractivity contribution < 1.29 is 74.4 Å². The smallest absolute Gasteiger partial charge is 0.239 e. The average molecular weight is 611 g/mol.